The summed E-state index contributed by atoms with van der Waals surface area (Å²) in [6.45, 7) is 0. The Morgan fingerprint density at radius 1 is 1.28 bits per heavy atom. The molecule has 0 aliphatic carbocycles. The number of anilines is 1. The number of hydrazone groups is 1. The summed E-state index contributed by atoms with van der Waals surface area (Å²) in [5.41, 5.74) is 5.38. The zero-order valence-electron chi connectivity index (χ0n) is 13.2. The molecule has 1 heterocycles. The highest BCUT2D eigenvalue weighted by atomic mass is 32.1. The van der Waals surface area contributed by atoms with E-state index in [0.717, 1.165) is 22.6 Å². The molecule has 1 aromatic heterocycles. The van der Waals surface area contributed by atoms with E-state index in [0.29, 0.717) is 5.13 Å². The van der Waals surface area contributed by atoms with E-state index < -0.39 is 4.92 Å². The average molecular weight is 354 g/mol. The number of rotatable bonds is 6. The topological polar surface area (TPSA) is 89.7 Å². The summed E-state index contributed by atoms with van der Waals surface area (Å²) < 4.78 is 5.16. The molecule has 3 aromatic rings. The Hall–Kier alpha value is -3.26. The van der Waals surface area contributed by atoms with Crippen molar-refractivity contribution in [3.63, 3.8) is 0 Å². The fourth-order valence-corrected chi connectivity index (χ4v) is 2.76. The largest absolute Gasteiger partial charge is 0.497 e. The van der Waals surface area contributed by atoms with Crippen molar-refractivity contribution in [1.82, 2.24) is 4.98 Å². The van der Waals surface area contributed by atoms with E-state index in [-0.39, 0.29) is 5.69 Å². The first-order valence-electron chi connectivity index (χ1n) is 7.29. The van der Waals surface area contributed by atoms with Crippen molar-refractivity contribution in [1.29, 1.82) is 0 Å². The highest BCUT2D eigenvalue weighted by Gasteiger charge is 2.07. The van der Waals surface area contributed by atoms with Crippen LogP contribution in [0.3, 0.4) is 0 Å². The van der Waals surface area contributed by atoms with Gasteiger partial charge in [-0.25, -0.2) is 4.98 Å². The van der Waals surface area contributed by atoms with Crippen LogP contribution in [0, 0.1) is 10.1 Å². The Bertz CT molecular complexity index is 906. The number of hydrogen-bond donors (Lipinski definition) is 1. The highest BCUT2D eigenvalue weighted by Crippen LogP contribution is 2.26. The second kappa shape index (κ2) is 7.54. The van der Waals surface area contributed by atoms with Crippen LogP contribution < -0.4 is 10.2 Å². The molecule has 0 radical (unpaired) electrons. The van der Waals surface area contributed by atoms with Crippen molar-refractivity contribution in [2.75, 3.05) is 12.5 Å². The lowest BCUT2D eigenvalue weighted by Gasteiger charge is -1.99. The molecule has 8 heteroatoms. The maximum absolute atomic E-state index is 10.7. The number of non-ortho nitro benzene ring substituents is 1. The van der Waals surface area contributed by atoms with Crippen LogP contribution in [0.5, 0.6) is 5.75 Å². The van der Waals surface area contributed by atoms with E-state index in [1.54, 1.807) is 25.5 Å². The lowest BCUT2D eigenvalue weighted by atomic mass is 10.1. The molecule has 3 rings (SSSR count). The first-order chi connectivity index (χ1) is 12.2. The van der Waals surface area contributed by atoms with Gasteiger partial charge in [0.25, 0.3) is 5.69 Å². The van der Waals surface area contributed by atoms with Crippen LogP contribution in [-0.2, 0) is 0 Å². The number of ether oxygens (including phenoxy) is 1. The van der Waals surface area contributed by atoms with E-state index in [4.69, 9.17) is 4.74 Å². The lowest BCUT2D eigenvalue weighted by Crippen LogP contribution is -1.91. The number of aromatic nitrogens is 1. The summed E-state index contributed by atoms with van der Waals surface area (Å²) in [5.74, 6) is 0.763. The predicted molar refractivity (Wildman–Crippen MR) is 98.4 cm³/mol. The van der Waals surface area contributed by atoms with Gasteiger partial charge in [-0.2, -0.15) is 5.10 Å². The smallest absolute Gasteiger partial charge is 0.269 e. The minimum atomic E-state index is -0.425. The van der Waals surface area contributed by atoms with Gasteiger partial charge in [0.05, 0.1) is 23.9 Å². The molecule has 25 heavy (non-hydrogen) atoms. The van der Waals surface area contributed by atoms with Gasteiger partial charge in [-0.15, -0.1) is 11.3 Å². The van der Waals surface area contributed by atoms with Crippen LogP contribution in [0.25, 0.3) is 11.3 Å². The number of nitrogens with zero attached hydrogens (tertiary/aromatic N) is 3. The van der Waals surface area contributed by atoms with Gasteiger partial charge in [-0.3, -0.25) is 15.5 Å². The summed E-state index contributed by atoms with van der Waals surface area (Å²) in [6, 6.07) is 13.8. The number of methoxy groups -OCH3 is 1. The first kappa shape index (κ1) is 16.6. The standard InChI is InChI=1S/C17H14N4O3S/c1-24-15-4-2-3-12(9-15)10-18-20-17-19-16(11-25-17)13-5-7-14(8-6-13)21(22)23/h2-11H,1H3,(H,19,20)/b18-10-. The van der Waals surface area contributed by atoms with Crippen LogP contribution in [-0.4, -0.2) is 23.2 Å². The number of thiazole rings is 1. The molecule has 0 spiro atoms. The Balaban J connectivity index is 1.67. The zero-order chi connectivity index (χ0) is 17.6. The molecule has 126 valence electrons. The average Bonchev–Trinajstić information content (AvgIpc) is 3.11. The maximum atomic E-state index is 10.7. The fourth-order valence-electron chi connectivity index (χ4n) is 2.10. The van der Waals surface area contributed by atoms with E-state index in [9.17, 15) is 10.1 Å². The van der Waals surface area contributed by atoms with Crippen LogP contribution >= 0.6 is 11.3 Å². The number of hydrogen-bond acceptors (Lipinski definition) is 7. The van der Waals surface area contributed by atoms with Crippen molar-refractivity contribution in [2.24, 2.45) is 5.10 Å². The molecule has 0 saturated heterocycles. The van der Waals surface area contributed by atoms with Crippen molar-refractivity contribution in [3.8, 4) is 17.0 Å². The van der Waals surface area contributed by atoms with Crippen molar-refractivity contribution < 1.29 is 9.66 Å². The molecule has 0 bridgehead atoms. The third-order valence-corrected chi connectivity index (χ3v) is 4.09. The maximum Gasteiger partial charge on any atom is 0.269 e. The van der Waals surface area contributed by atoms with Crippen molar-refractivity contribution in [2.45, 2.75) is 0 Å². The van der Waals surface area contributed by atoms with Gasteiger partial charge in [0.1, 0.15) is 5.75 Å². The summed E-state index contributed by atoms with van der Waals surface area (Å²) in [7, 11) is 1.61. The van der Waals surface area contributed by atoms with Crippen molar-refractivity contribution >= 4 is 28.4 Å². The monoisotopic (exact) mass is 354 g/mol. The van der Waals surface area contributed by atoms with Gasteiger partial charge < -0.3 is 4.74 Å². The van der Waals surface area contributed by atoms with Crippen LogP contribution in [0.2, 0.25) is 0 Å². The Morgan fingerprint density at radius 2 is 2.08 bits per heavy atom. The Morgan fingerprint density at radius 3 is 2.80 bits per heavy atom. The molecule has 0 atom stereocenters. The molecule has 1 N–H and O–H groups in total. The highest BCUT2D eigenvalue weighted by molar-refractivity contribution is 7.14. The predicted octanol–water partition coefficient (Wildman–Crippen LogP) is 4.17. The Kier molecular flexibility index (Phi) is 5.00. The zero-order valence-corrected chi connectivity index (χ0v) is 14.1. The summed E-state index contributed by atoms with van der Waals surface area (Å²) in [5, 5.41) is 17.3. The molecular formula is C17H14N4O3S. The molecule has 0 fully saturated rings. The molecule has 0 aliphatic heterocycles. The minimum Gasteiger partial charge on any atom is -0.497 e. The summed E-state index contributed by atoms with van der Waals surface area (Å²) in [4.78, 5) is 14.7. The molecule has 0 amide bonds. The number of nitro groups is 1. The quantitative estimate of drug-likeness (QED) is 0.407. The van der Waals surface area contributed by atoms with Gasteiger partial charge in [-0.05, 0) is 29.8 Å². The second-order valence-electron chi connectivity index (χ2n) is 4.99. The normalized spacial score (nSPS) is 10.8. The lowest BCUT2D eigenvalue weighted by molar-refractivity contribution is -0.384. The molecule has 0 unspecified atom stereocenters. The third-order valence-electron chi connectivity index (χ3n) is 3.35. The molecule has 2 aromatic carbocycles. The first-order valence-corrected chi connectivity index (χ1v) is 8.17. The van der Waals surface area contributed by atoms with Gasteiger partial charge in [-0.1, -0.05) is 12.1 Å². The summed E-state index contributed by atoms with van der Waals surface area (Å²) >= 11 is 1.40. The van der Waals surface area contributed by atoms with Crippen LogP contribution in [0.1, 0.15) is 5.56 Å². The van der Waals surface area contributed by atoms with Crippen molar-refractivity contribution in [3.05, 3.63) is 69.6 Å². The number of nitro benzene ring substituents is 1. The van der Waals surface area contributed by atoms with Gasteiger partial charge >= 0.3 is 0 Å². The SMILES string of the molecule is COc1cccc(/C=N\Nc2nc(-c3ccc([N+](=O)[O-])cc3)cs2)c1. The van der Waals surface area contributed by atoms with Crippen LogP contribution in [0.15, 0.2) is 59.0 Å². The number of benzene rings is 2. The number of nitrogens with one attached hydrogen (secondary N) is 1. The third kappa shape index (κ3) is 4.18. The van der Waals surface area contributed by atoms with E-state index >= 15 is 0 Å². The Labute approximate surface area is 147 Å². The second-order valence-corrected chi connectivity index (χ2v) is 5.85. The van der Waals surface area contributed by atoms with Crippen LogP contribution in [0.4, 0.5) is 10.8 Å². The van der Waals surface area contributed by atoms with Gasteiger partial charge in [0, 0.05) is 23.1 Å². The van der Waals surface area contributed by atoms with Gasteiger partial charge in [0.15, 0.2) is 0 Å². The fraction of sp³-hybridized carbons (Fsp3) is 0.0588. The van der Waals surface area contributed by atoms with E-state index in [1.807, 2.05) is 29.6 Å². The summed E-state index contributed by atoms with van der Waals surface area (Å²) in [6.07, 6.45) is 1.68. The van der Waals surface area contributed by atoms with E-state index in [1.165, 1.54) is 23.5 Å². The molecule has 7 nitrogen and oxygen atoms in total. The molecule has 0 saturated carbocycles. The minimum absolute atomic E-state index is 0.0558. The van der Waals surface area contributed by atoms with Gasteiger partial charge in [0.2, 0.25) is 5.13 Å². The van der Waals surface area contributed by atoms with E-state index in [2.05, 4.69) is 15.5 Å². The molecular weight excluding hydrogens is 340 g/mol. The molecule has 0 aliphatic rings.